The third kappa shape index (κ3) is 5.40. The first-order chi connectivity index (χ1) is 13.3. The number of para-hydroxylation sites is 1. The van der Waals surface area contributed by atoms with Gasteiger partial charge in [-0.05, 0) is 24.6 Å². The lowest BCUT2D eigenvalue weighted by molar-refractivity contribution is 0.0824. The summed E-state index contributed by atoms with van der Waals surface area (Å²) in [6.07, 6.45) is 7.48. The number of aromatic hydroxyl groups is 1. The molecule has 8 nitrogen and oxygen atoms in total. The topological polar surface area (TPSA) is 106 Å². The number of carbonyl (C=O) groups excluding carboxylic acids is 1. The maximum Gasteiger partial charge on any atom is 0.269 e. The standard InChI is InChI=1S/C19H23N5O3S/c1-5-6-7-9-13(2)12-20-17-18(23-28(27)22-17)21-15-11-8-10-14(16(15)25)19(26)24(3)4/h5-11,25H,2,12H2,1,3-4H3,(H,20,22)(H,21,23)/b6-5-,9-7-. The fourth-order valence-electron chi connectivity index (χ4n) is 2.21. The molecule has 9 heteroatoms. The third-order valence-corrected chi connectivity index (χ3v) is 4.28. The molecule has 2 rings (SSSR count). The molecule has 148 valence electrons. The predicted octanol–water partition coefficient (Wildman–Crippen LogP) is 2.17. The number of phenols is 1. The number of nitrogens with zero attached hydrogens (tertiary/aromatic N) is 3. The van der Waals surface area contributed by atoms with Gasteiger partial charge in [-0.25, -0.2) is 4.21 Å². The molecule has 0 aliphatic carbocycles. The molecule has 0 aromatic heterocycles. The summed E-state index contributed by atoms with van der Waals surface area (Å²) in [5, 5.41) is 16.3. The van der Waals surface area contributed by atoms with Crippen molar-refractivity contribution >= 4 is 34.4 Å². The van der Waals surface area contributed by atoms with Crippen LogP contribution in [0.3, 0.4) is 0 Å². The van der Waals surface area contributed by atoms with Gasteiger partial charge in [0.05, 0.1) is 11.3 Å². The first-order valence-electron chi connectivity index (χ1n) is 8.45. The Morgan fingerprint density at radius 1 is 1.29 bits per heavy atom. The van der Waals surface area contributed by atoms with Crippen molar-refractivity contribution in [3.63, 3.8) is 0 Å². The van der Waals surface area contributed by atoms with E-state index in [1.54, 1.807) is 26.2 Å². The smallest absolute Gasteiger partial charge is 0.269 e. The average Bonchev–Trinajstić information content (AvgIpc) is 3.00. The van der Waals surface area contributed by atoms with Crippen molar-refractivity contribution in [3.8, 4) is 5.75 Å². The van der Waals surface area contributed by atoms with Crippen molar-refractivity contribution in [3.05, 3.63) is 60.2 Å². The molecule has 1 heterocycles. The summed E-state index contributed by atoms with van der Waals surface area (Å²) < 4.78 is 19.6. The molecule has 0 saturated heterocycles. The highest BCUT2D eigenvalue weighted by molar-refractivity contribution is 7.83. The van der Waals surface area contributed by atoms with Crippen molar-refractivity contribution in [1.29, 1.82) is 0 Å². The Morgan fingerprint density at radius 3 is 2.68 bits per heavy atom. The highest BCUT2D eigenvalue weighted by Crippen LogP contribution is 2.28. The van der Waals surface area contributed by atoms with Crippen LogP contribution >= 0.6 is 0 Å². The normalized spacial score (nSPS) is 16.2. The molecule has 1 atom stereocenters. The number of carbonyl (C=O) groups is 1. The molecule has 1 aliphatic heterocycles. The summed E-state index contributed by atoms with van der Waals surface area (Å²) in [4.78, 5) is 13.5. The highest BCUT2D eigenvalue weighted by Gasteiger charge is 2.22. The number of rotatable bonds is 6. The van der Waals surface area contributed by atoms with E-state index in [-0.39, 0.29) is 34.6 Å². The maximum absolute atomic E-state index is 12.2. The fraction of sp³-hybridized carbons (Fsp3) is 0.211. The lowest BCUT2D eigenvalue weighted by Crippen LogP contribution is -2.35. The monoisotopic (exact) mass is 401 g/mol. The molecule has 28 heavy (non-hydrogen) atoms. The molecule has 0 bridgehead atoms. The van der Waals surface area contributed by atoms with Crippen LogP contribution in [0.25, 0.3) is 0 Å². The van der Waals surface area contributed by atoms with E-state index in [2.05, 4.69) is 26.0 Å². The number of phenolic OH excluding ortho intramolecular Hbond substituents is 1. The molecule has 1 aromatic rings. The van der Waals surface area contributed by atoms with Crippen LogP contribution in [0.15, 0.2) is 63.5 Å². The minimum Gasteiger partial charge on any atom is -0.505 e. The molecule has 0 spiro atoms. The number of benzene rings is 1. The SMILES string of the molecule is C=C(/C=C\C=C/C)CNC1=NS(=O)N=C1Nc1cccc(C(=O)N(C)C)c1O. The first-order valence-corrected chi connectivity index (χ1v) is 9.51. The van der Waals surface area contributed by atoms with Crippen LogP contribution in [-0.4, -0.2) is 52.4 Å². The number of amides is 1. The molecule has 0 fully saturated rings. The molecular weight excluding hydrogens is 378 g/mol. The molecule has 0 radical (unpaired) electrons. The van der Waals surface area contributed by atoms with E-state index >= 15 is 0 Å². The fourth-order valence-corrected chi connectivity index (χ4v) is 2.84. The van der Waals surface area contributed by atoms with Crippen molar-refractivity contribution in [1.82, 2.24) is 10.2 Å². The maximum atomic E-state index is 12.2. The summed E-state index contributed by atoms with van der Waals surface area (Å²) in [6, 6.07) is 4.73. The van der Waals surface area contributed by atoms with Gasteiger partial charge in [-0.1, -0.05) is 36.9 Å². The number of amidine groups is 2. The Labute approximate surface area is 166 Å². The van der Waals surface area contributed by atoms with E-state index in [1.165, 1.54) is 11.0 Å². The number of hydrogen-bond acceptors (Lipinski definition) is 5. The minimum atomic E-state index is -1.77. The van der Waals surface area contributed by atoms with E-state index in [1.807, 2.05) is 31.2 Å². The molecule has 1 aliphatic rings. The van der Waals surface area contributed by atoms with Gasteiger partial charge < -0.3 is 20.6 Å². The first kappa shape index (κ1) is 21.1. The zero-order valence-electron chi connectivity index (χ0n) is 16.0. The van der Waals surface area contributed by atoms with Gasteiger partial charge in [0, 0.05) is 20.6 Å². The second-order valence-corrected chi connectivity index (χ2v) is 6.86. The van der Waals surface area contributed by atoms with Gasteiger partial charge in [0.25, 0.3) is 17.1 Å². The summed E-state index contributed by atoms with van der Waals surface area (Å²) in [7, 11) is 3.19. The van der Waals surface area contributed by atoms with E-state index in [0.717, 1.165) is 5.57 Å². The lowest BCUT2D eigenvalue weighted by atomic mass is 10.1. The van der Waals surface area contributed by atoms with Crippen LogP contribution in [0.1, 0.15) is 17.3 Å². The van der Waals surface area contributed by atoms with Crippen LogP contribution in [0, 0.1) is 0 Å². The Balaban J connectivity index is 2.13. The lowest BCUT2D eigenvalue weighted by Gasteiger charge is -2.15. The zero-order chi connectivity index (χ0) is 20.7. The Kier molecular flexibility index (Phi) is 7.28. The van der Waals surface area contributed by atoms with Gasteiger partial charge >= 0.3 is 0 Å². The number of allylic oxidation sites excluding steroid dienone is 3. The molecule has 1 amide bonds. The van der Waals surface area contributed by atoms with Gasteiger partial charge in [-0.15, -0.1) is 8.80 Å². The van der Waals surface area contributed by atoms with Crippen LogP contribution in [0.5, 0.6) is 5.75 Å². The van der Waals surface area contributed by atoms with Crippen LogP contribution < -0.4 is 10.6 Å². The molecule has 0 saturated carbocycles. The summed E-state index contributed by atoms with van der Waals surface area (Å²) in [6.45, 7) is 6.21. The Bertz CT molecular complexity index is 916. The quantitative estimate of drug-likeness (QED) is 0.500. The van der Waals surface area contributed by atoms with Crippen LogP contribution in [-0.2, 0) is 11.2 Å². The summed E-state index contributed by atoms with van der Waals surface area (Å²) >= 11 is -1.77. The zero-order valence-corrected chi connectivity index (χ0v) is 16.8. The average molecular weight is 401 g/mol. The van der Waals surface area contributed by atoms with E-state index in [0.29, 0.717) is 6.54 Å². The third-order valence-electron chi connectivity index (χ3n) is 3.61. The Morgan fingerprint density at radius 2 is 2.00 bits per heavy atom. The van der Waals surface area contributed by atoms with E-state index in [4.69, 9.17) is 0 Å². The molecule has 1 unspecified atom stereocenters. The molecular formula is C19H23N5O3S. The molecule has 1 aromatic carbocycles. The molecule has 3 N–H and O–H groups in total. The van der Waals surface area contributed by atoms with Gasteiger partial charge in [0.1, 0.15) is 0 Å². The number of anilines is 1. The van der Waals surface area contributed by atoms with Gasteiger partial charge in [-0.2, -0.15) is 0 Å². The second-order valence-electron chi connectivity index (χ2n) is 6.03. The number of nitrogens with one attached hydrogen (secondary N) is 2. The summed E-state index contributed by atoms with van der Waals surface area (Å²) in [5.41, 5.74) is 1.19. The van der Waals surface area contributed by atoms with Crippen molar-refractivity contribution in [2.24, 2.45) is 8.80 Å². The Hall–Kier alpha value is -3.20. The van der Waals surface area contributed by atoms with Crippen LogP contribution in [0.4, 0.5) is 5.69 Å². The largest absolute Gasteiger partial charge is 0.505 e. The van der Waals surface area contributed by atoms with Gasteiger partial charge in [0.2, 0.25) is 0 Å². The second kappa shape index (κ2) is 9.65. The van der Waals surface area contributed by atoms with Crippen molar-refractivity contribution in [2.75, 3.05) is 26.0 Å². The highest BCUT2D eigenvalue weighted by atomic mass is 32.2. The van der Waals surface area contributed by atoms with E-state index < -0.39 is 11.2 Å². The number of hydrogen-bond donors (Lipinski definition) is 3. The van der Waals surface area contributed by atoms with Gasteiger partial charge in [-0.3, -0.25) is 4.79 Å². The van der Waals surface area contributed by atoms with Crippen molar-refractivity contribution in [2.45, 2.75) is 6.92 Å². The van der Waals surface area contributed by atoms with Gasteiger partial charge in [0.15, 0.2) is 17.4 Å². The van der Waals surface area contributed by atoms with Crippen molar-refractivity contribution < 1.29 is 14.1 Å². The summed E-state index contributed by atoms with van der Waals surface area (Å²) in [5.74, 6) is -0.0788. The minimum absolute atomic E-state index is 0.142. The predicted molar refractivity (Wildman–Crippen MR) is 114 cm³/mol. The van der Waals surface area contributed by atoms with Crippen LogP contribution in [0.2, 0.25) is 0 Å². The van der Waals surface area contributed by atoms with E-state index in [9.17, 15) is 14.1 Å².